The van der Waals surface area contributed by atoms with Gasteiger partial charge in [0.15, 0.2) is 11.5 Å². The fourth-order valence-electron chi connectivity index (χ4n) is 1.91. The zero-order valence-electron chi connectivity index (χ0n) is 11.6. The van der Waals surface area contributed by atoms with Crippen molar-refractivity contribution in [1.29, 1.82) is 0 Å². The minimum absolute atomic E-state index is 0.0213. The lowest BCUT2D eigenvalue weighted by Gasteiger charge is -2.10. The Labute approximate surface area is 136 Å². The Bertz CT molecular complexity index is 722. The SMILES string of the molecule is O=C(Oc1ccccc1OC(=O)C1CC1)c1ccccc1Br. The van der Waals surface area contributed by atoms with Crippen molar-refractivity contribution in [3.63, 3.8) is 0 Å². The Hall–Kier alpha value is -2.14. The minimum Gasteiger partial charge on any atom is -0.422 e. The summed E-state index contributed by atoms with van der Waals surface area (Å²) in [7, 11) is 0. The second kappa shape index (κ2) is 6.32. The number of esters is 2. The molecule has 3 rings (SSSR count). The summed E-state index contributed by atoms with van der Waals surface area (Å²) in [6.45, 7) is 0. The van der Waals surface area contributed by atoms with Crippen molar-refractivity contribution in [1.82, 2.24) is 0 Å². The Morgan fingerprint density at radius 2 is 1.50 bits per heavy atom. The lowest BCUT2D eigenvalue weighted by atomic mass is 10.2. The number of carbonyl (C=O) groups is 2. The van der Waals surface area contributed by atoms with E-state index in [0.717, 1.165) is 12.8 Å². The summed E-state index contributed by atoms with van der Waals surface area (Å²) >= 11 is 3.31. The van der Waals surface area contributed by atoms with Crippen LogP contribution in [-0.4, -0.2) is 11.9 Å². The fraction of sp³-hybridized carbons (Fsp3) is 0.176. The second-order valence-electron chi connectivity index (χ2n) is 5.01. The van der Waals surface area contributed by atoms with E-state index in [1.165, 1.54) is 0 Å². The molecule has 4 nitrogen and oxygen atoms in total. The summed E-state index contributed by atoms with van der Waals surface area (Å²) in [6.07, 6.45) is 1.72. The van der Waals surface area contributed by atoms with Crippen LogP contribution in [0.4, 0.5) is 0 Å². The molecule has 1 saturated carbocycles. The molecule has 0 bridgehead atoms. The normalized spacial score (nSPS) is 13.5. The lowest BCUT2D eigenvalue weighted by molar-refractivity contribution is -0.135. The topological polar surface area (TPSA) is 52.6 Å². The summed E-state index contributed by atoms with van der Waals surface area (Å²) in [5.74, 6) is -0.309. The van der Waals surface area contributed by atoms with Crippen molar-refractivity contribution >= 4 is 27.9 Å². The Kier molecular flexibility index (Phi) is 4.24. The molecule has 0 amide bonds. The maximum absolute atomic E-state index is 12.2. The van der Waals surface area contributed by atoms with Crippen molar-refractivity contribution in [2.24, 2.45) is 5.92 Å². The number of rotatable bonds is 4. The molecule has 5 heteroatoms. The van der Waals surface area contributed by atoms with Crippen LogP contribution in [0, 0.1) is 5.92 Å². The maximum Gasteiger partial charge on any atom is 0.344 e. The van der Waals surface area contributed by atoms with E-state index in [2.05, 4.69) is 15.9 Å². The Morgan fingerprint density at radius 3 is 2.14 bits per heavy atom. The molecule has 0 saturated heterocycles. The van der Waals surface area contributed by atoms with Crippen LogP contribution >= 0.6 is 15.9 Å². The highest BCUT2D eigenvalue weighted by Crippen LogP contribution is 2.34. The molecule has 0 heterocycles. The number of ether oxygens (including phenoxy) is 2. The molecule has 1 fully saturated rings. The molecule has 1 aliphatic rings. The third-order valence-electron chi connectivity index (χ3n) is 3.27. The van der Waals surface area contributed by atoms with Gasteiger partial charge in [-0.05, 0) is 53.0 Å². The number of hydrogen-bond acceptors (Lipinski definition) is 4. The largest absolute Gasteiger partial charge is 0.422 e. The van der Waals surface area contributed by atoms with Gasteiger partial charge in [-0.15, -0.1) is 0 Å². The predicted octanol–water partition coefficient (Wildman–Crippen LogP) is 3.98. The number of para-hydroxylation sites is 2. The smallest absolute Gasteiger partial charge is 0.344 e. The molecule has 0 N–H and O–H groups in total. The van der Waals surface area contributed by atoms with Crippen molar-refractivity contribution in [2.45, 2.75) is 12.8 Å². The van der Waals surface area contributed by atoms with Crippen LogP contribution in [0.25, 0.3) is 0 Å². The fourth-order valence-corrected chi connectivity index (χ4v) is 2.36. The quantitative estimate of drug-likeness (QED) is 0.611. The van der Waals surface area contributed by atoms with E-state index < -0.39 is 5.97 Å². The van der Waals surface area contributed by atoms with Crippen LogP contribution in [0.15, 0.2) is 53.0 Å². The third-order valence-corrected chi connectivity index (χ3v) is 3.96. The molecule has 0 spiro atoms. The Morgan fingerprint density at radius 1 is 0.909 bits per heavy atom. The highest BCUT2D eigenvalue weighted by Gasteiger charge is 2.32. The van der Waals surface area contributed by atoms with E-state index in [1.54, 1.807) is 42.5 Å². The summed E-state index contributed by atoms with van der Waals surface area (Å²) in [4.78, 5) is 24.0. The average Bonchev–Trinajstić information content (AvgIpc) is 3.34. The molecule has 0 radical (unpaired) electrons. The molecular formula is C17H13BrO4. The zero-order chi connectivity index (χ0) is 15.5. The van der Waals surface area contributed by atoms with Gasteiger partial charge in [0.05, 0.1) is 11.5 Å². The molecule has 2 aromatic carbocycles. The summed E-state index contributed by atoms with van der Waals surface area (Å²) in [6, 6.07) is 13.6. The highest BCUT2D eigenvalue weighted by molar-refractivity contribution is 9.10. The highest BCUT2D eigenvalue weighted by atomic mass is 79.9. The molecule has 0 atom stereocenters. The first kappa shape index (κ1) is 14.8. The van der Waals surface area contributed by atoms with Crippen molar-refractivity contribution < 1.29 is 19.1 Å². The van der Waals surface area contributed by atoms with Gasteiger partial charge in [-0.2, -0.15) is 0 Å². The molecule has 22 heavy (non-hydrogen) atoms. The van der Waals surface area contributed by atoms with Gasteiger partial charge in [-0.1, -0.05) is 24.3 Å². The number of benzene rings is 2. The average molecular weight is 361 g/mol. The molecule has 0 aromatic heterocycles. The Balaban J connectivity index is 1.78. The van der Waals surface area contributed by atoms with Crippen LogP contribution in [0.5, 0.6) is 11.5 Å². The first-order chi connectivity index (χ1) is 10.6. The van der Waals surface area contributed by atoms with Gasteiger partial charge in [0.2, 0.25) is 0 Å². The number of halogens is 1. The summed E-state index contributed by atoms with van der Waals surface area (Å²) in [5, 5.41) is 0. The van der Waals surface area contributed by atoms with Crippen LogP contribution in [0.2, 0.25) is 0 Å². The van der Waals surface area contributed by atoms with E-state index in [-0.39, 0.29) is 23.4 Å². The standard InChI is InChI=1S/C17H13BrO4/c18-13-6-2-1-5-12(13)17(20)22-15-8-4-3-7-14(15)21-16(19)11-9-10-11/h1-8,11H,9-10H2. The first-order valence-corrected chi connectivity index (χ1v) is 7.72. The number of carbonyl (C=O) groups excluding carboxylic acids is 2. The zero-order valence-corrected chi connectivity index (χ0v) is 13.2. The summed E-state index contributed by atoms with van der Waals surface area (Å²) in [5.41, 5.74) is 0.408. The van der Waals surface area contributed by atoms with E-state index in [9.17, 15) is 9.59 Å². The maximum atomic E-state index is 12.2. The number of hydrogen-bond donors (Lipinski definition) is 0. The van der Waals surface area contributed by atoms with Crippen LogP contribution < -0.4 is 9.47 Å². The second-order valence-corrected chi connectivity index (χ2v) is 5.87. The predicted molar refractivity (Wildman–Crippen MR) is 83.9 cm³/mol. The molecule has 2 aromatic rings. The molecule has 1 aliphatic carbocycles. The lowest BCUT2D eigenvalue weighted by Crippen LogP contribution is -2.13. The first-order valence-electron chi connectivity index (χ1n) is 6.92. The van der Waals surface area contributed by atoms with Gasteiger partial charge in [0.25, 0.3) is 0 Å². The monoisotopic (exact) mass is 360 g/mol. The molecule has 0 unspecified atom stereocenters. The van der Waals surface area contributed by atoms with E-state index in [0.29, 0.717) is 10.0 Å². The van der Waals surface area contributed by atoms with Crippen molar-refractivity contribution in [2.75, 3.05) is 0 Å². The van der Waals surface area contributed by atoms with Crippen molar-refractivity contribution in [3.8, 4) is 11.5 Å². The van der Waals surface area contributed by atoms with E-state index in [4.69, 9.17) is 9.47 Å². The molecule has 0 aliphatic heterocycles. The van der Waals surface area contributed by atoms with Crippen molar-refractivity contribution in [3.05, 3.63) is 58.6 Å². The van der Waals surface area contributed by atoms with Crippen LogP contribution in [0.1, 0.15) is 23.2 Å². The van der Waals surface area contributed by atoms with E-state index >= 15 is 0 Å². The third kappa shape index (κ3) is 3.36. The summed E-state index contributed by atoms with van der Waals surface area (Å²) < 4.78 is 11.3. The van der Waals surface area contributed by atoms with Gasteiger partial charge in [0.1, 0.15) is 0 Å². The van der Waals surface area contributed by atoms with Gasteiger partial charge in [-0.25, -0.2) is 4.79 Å². The van der Waals surface area contributed by atoms with Crippen LogP contribution in [0.3, 0.4) is 0 Å². The molecular weight excluding hydrogens is 348 g/mol. The minimum atomic E-state index is -0.512. The van der Waals surface area contributed by atoms with Gasteiger partial charge in [0, 0.05) is 4.47 Å². The van der Waals surface area contributed by atoms with Gasteiger partial charge < -0.3 is 9.47 Å². The molecule has 112 valence electrons. The van der Waals surface area contributed by atoms with E-state index in [1.807, 2.05) is 6.07 Å². The van der Waals surface area contributed by atoms with Gasteiger partial charge in [-0.3, -0.25) is 4.79 Å². The van der Waals surface area contributed by atoms with Gasteiger partial charge >= 0.3 is 11.9 Å². The van der Waals surface area contributed by atoms with Crippen LogP contribution in [-0.2, 0) is 4.79 Å².